The minimum Gasteiger partial charge on any atom is -0.449 e. The van der Waals surface area contributed by atoms with Gasteiger partial charge in [0, 0.05) is 17.4 Å². The van der Waals surface area contributed by atoms with Crippen LogP contribution in [0.15, 0.2) is 53.3 Å². The van der Waals surface area contributed by atoms with Gasteiger partial charge in [0.25, 0.3) is 0 Å². The van der Waals surface area contributed by atoms with E-state index in [-0.39, 0.29) is 17.9 Å². The lowest BCUT2D eigenvalue weighted by molar-refractivity contribution is -0.278. The van der Waals surface area contributed by atoms with E-state index in [0.29, 0.717) is 36.1 Å². The number of aryl methyl sites for hydroxylation is 1. The Morgan fingerprint density at radius 3 is 2.77 bits per heavy atom. The number of nitrogens with two attached hydrogens (primary N) is 1. The first-order chi connectivity index (χ1) is 20.9. The van der Waals surface area contributed by atoms with Crippen LogP contribution in [0.1, 0.15) is 106 Å². The first kappa shape index (κ1) is 27.9. The van der Waals surface area contributed by atoms with Crippen molar-refractivity contribution < 1.29 is 19.1 Å². The number of carbonyl (C=O) groups excluding carboxylic acids is 2. The Hall–Kier alpha value is -2.66. The van der Waals surface area contributed by atoms with Crippen molar-refractivity contribution in [3.8, 4) is 0 Å². The summed E-state index contributed by atoms with van der Waals surface area (Å²) in [4.78, 5) is 28.9. The Morgan fingerprint density at radius 1 is 1.12 bits per heavy atom. The van der Waals surface area contributed by atoms with Crippen LogP contribution in [0.25, 0.3) is 0 Å². The molecule has 5 nitrogen and oxygen atoms in total. The zero-order valence-corrected chi connectivity index (χ0v) is 26.1. The van der Waals surface area contributed by atoms with Gasteiger partial charge in [0.1, 0.15) is 11.2 Å². The summed E-state index contributed by atoms with van der Waals surface area (Å²) in [6.07, 6.45) is 17.5. The van der Waals surface area contributed by atoms with Crippen LogP contribution >= 0.6 is 0 Å². The topological polar surface area (TPSA) is 78.6 Å². The minimum atomic E-state index is -0.886. The molecule has 8 rings (SSSR count). The van der Waals surface area contributed by atoms with Crippen molar-refractivity contribution in [2.24, 2.45) is 52.1 Å². The van der Waals surface area contributed by atoms with Crippen LogP contribution < -0.4 is 5.73 Å². The molecule has 43 heavy (non-hydrogen) atoms. The predicted molar refractivity (Wildman–Crippen MR) is 166 cm³/mol. The summed E-state index contributed by atoms with van der Waals surface area (Å²) in [6, 6.07) is 6.28. The smallest absolute Gasteiger partial charge is 0.339 e. The second-order valence-electron chi connectivity index (χ2n) is 14.7. The van der Waals surface area contributed by atoms with Crippen LogP contribution in [0.5, 0.6) is 0 Å². The maximum absolute atomic E-state index is 14.8. The van der Waals surface area contributed by atoms with Gasteiger partial charge in [-0.15, -0.1) is 0 Å². The van der Waals surface area contributed by atoms with Gasteiger partial charge in [-0.2, -0.15) is 0 Å². The second-order valence-corrected chi connectivity index (χ2v) is 14.7. The number of esters is 2. The van der Waals surface area contributed by atoms with Crippen LogP contribution in [0.4, 0.5) is 0 Å². The van der Waals surface area contributed by atoms with Gasteiger partial charge in [0.05, 0.1) is 11.0 Å². The summed E-state index contributed by atoms with van der Waals surface area (Å²) in [6.45, 7) is 7.42. The number of ether oxygens (including phenoxy) is 2. The summed E-state index contributed by atoms with van der Waals surface area (Å²) < 4.78 is 13.4. The van der Waals surface area contributed by atoms with E-state index in [9.17, 15) is 9.59 Å². The molecule has 0 aromatic heterocycles. The van der Waals surface area contributed by atoms with Crippen molar-refractivity contribution in [2.45, 2.75) is 97.0 Å². The molecule has 0 radical (unpaired) electrons. The van der Waals surface area contributed by atoms with Crippen molar-refractivity contribution in [1.82, 2.24) is 0 Å². The van der Waals surface area contributed by atoms with E-state index in [4.69, 9.17) is 15.2 Å². The molecule has 7 aliphatic rings. The van der Waals surface area contributed by atoms with Crippen molar-refractivity contribution in [3.63, 3.8) is 0 Å². The van der Waals surface area contributed by atoms with E-state index < -0.39 is 16.4 Å². The van der Waals surface area contributed by atoms with E-state index in [2.05, 4.69) is 57.2 Å². The summed E-state index contributed by atoms with van der Waals surface area (Å²) in [5.41, 5.74) is 9.19. The molecule has 5 aliphatic carbocycles. The lowest BCUT2D eigenvalue weighted by atomic mass is 9.28. The fraction of sp³-hybridized carbons (Fsp3) is 0.632. The van der Waals surface area contributed by atoms with Crippen LogP contribution in [0.3, 0.4) is 0 Å². The predicted octanol–water partition coefficient (Wildman–Crippen LogP) is 7.55. The fourth-order valence-corrected chi connectivity index (χ4v) is 11.9. The molecule has 5 heteroatoms. The molecule has 9 unspecified atom stereocenters. The molecular formula is C38H47NO4. The normalized spacial score (nSPS) is 42.3. The highest BCUT2D eigenvalue weighted by molar-refractivity contribution is 6.00. The number of rotatable bonds is 7. The highest BCUT2D eigenvalue weighted by Crippen LogP contribution is 2.87. The number of cyclic esters (lactones) is 1. The van der Waals surface area contributed by atoms with Crippen LogP contribution in [-0.4, -0.2) is 18.5 Å². The highest BCUT2D eigenvalue weighted by atomic mass is 16.6. The average Bonchev–Trinajstić information content (AvgIpc) is 3.45. The molecule has 3 fully saturated rings. The second kappa shape index (κ2) is 9.67. The molecule has 2 heterocycles. The van der Waals surface area contributed by atoms with Gasteiger partial charge in [-0.25, -0.2) is 4.79 Å². The summed E-state index contributed by atoms with van der Waals surface area (Å²) in [5, 5.41) is 0. The van der Waals surface area contributed by atoms with E-state index >= 15 is 0 Å². The van der Waals surface area contributed by atoms with E-state index in [1.165, 1.54) is 24.0 Å². The number of hydrogen-bond donors (Lipinski definition) is 1. The third kappa shape index (κ3) is 3.09. The highest BCUT2D eigenvalue weighted by Gasteiger charge is 2.92. The molecule has 2 aliphatic heterocycles. The summed E-state index contributed by atoms with van der Waals surface area (Å²) in [7, 11) is 0. The molecule has 1 aromatic carbocycles. The number of hydrogen-bond acceptors (Lipinski definition) is 5. The third-order valence-corrected chi connectivity index (χ3v) is 13.3. The molecule has 228 valence electrons. The van der Waals surface area contributed by atoms with Gasteiger partial charge in [-0.3, -0.25) is 4.79 Å². The van der Waals surface area contributed by atoms with Crippen molar-refractivity contribution >= 4 is 11.9 Å². The largest absolute Gasteiger partial charge is 0.449 e. The molecule has 2 N–H and O–H groups in total. The maximum Gasteiger partial charge on any atom is 0.339 e. The standard InChI is InChI=1S/C38H47NO4/c1-4-6-13-31-36-19-18-26-27-17-16-23-14-15-25(32(27)22(23)3)21-29(26)37(36,35(41)42-31)30(9-5-2)38(36)28-12-7-10-24(11-8-20-39)33(28)34(40)43-38/h7,10,12-13,16-17,22-23,25,27,30,32H,4-6,8-9,11,14-15,18-21,39H2,1-3H3. The van der Waals surface area contributed by atoms with Gasteiger partial charge < -0.3 is 15.2 Å². The van der Waals surface area contributed by atoms with E-state index in [0.717, 1.165) is 80.2 Å². The Bertz CT molecular complexity index is 1490. The zero-order valence-electron chi connectivity index (χ0n) is 26.1. The van der Waals surface area contributed by atoms with Gasteiger partial charge >= 0.3 is 11.9 Å². The first-order valence-electron chi connectivity index (χ1n) is 17.3. The van der Waals surface area contributed by atoms with Gasteiger partial charge in [0.15, 0.2) is 5.60 Å². The lowest BCUT2D eigenvalue weighted by Crippen LogP contribution is -2.77. The molecule has 9 atom stereocenters. The number of benzene rings is 1. The van der Waals surface area contributed by atoms with Crippen molar-refractivity contribution in [3.05, 3.63) is 70.0 Å². The van der Waals surface area contributed by atoms with Gasteiger partial charge in [-0.05, 0) is 99.6 Å². The minimum absolute atomic E-state index is 0.0742. The Labute approximate surface area is 256 Å². The number of allylic oxidation sites excluding steroid dienone is 4. The van der Waals surface area contributed by atoms with E-state index in [1.54, 1.807) is 0 Å². The van der Waals surface area contributed by atoms with Crippen molar-refractivity contribution in [1.29, 1.82) is 0 Å². The third-order valence-electron chi connectivity index (χ3n) is 13.3. The summed E-state index contributed by atoms with van der Waals surface area (Å²) >= 11 is 0. The molecule has 2 saturated carbocycles. The van der Waals surface area contributed by atoms with Crippen LogP contribution in [0.2, 0.25) is 0 Å². The van der Waals surface area contributed by atoms with E-state index in [1.807, 2.05) is 0 Å². The fourth-order valence-electron chi connectivity index (χ4n) is 11.9. The molecule has 1 aromatic rings. The molecule has 0 amide bonds. The Balaban J connectivity index is 1.38. The molecule has 2 bridgehead atoms. The number of fused-ring (bicyclic) bond motifs is 4. The lowest BCUT2D eigenvalue weighted by Gasteiger charge is -2.72. The monoisotopic (exact) mass is 581 g/mol. The van der Waals surface area contributed by atoms with Gasteiger partial charge in [0.2, 0.25) is 0 Å². The Morgan fingerprint density at radius 2 is 1.98 bits per heavy atom. The van der Waals surface area contributed by atoms with Crippen LogP contribution in [-0.2, 0) is 26.3 Å². The van der Waals surface area contributed by atoms with Crippen molar-refractivity contribution in [2.75, 3.05) is 6.54 Å². The zero-order chi connectivity index (χ0) is 29.7. The van der Waals surface area contributed by atoms with Crippen LogP contribution in [0, 0.1) is 46.3 Å². The number of unbranched alkanes of at least 4 members (excludes halogenated alkanes) is 1. The number of carbonyl (C=O) groups is 2. The molecule has 1 spiro atoms. The molecule has 1 saturated heterocycles. The maximum atomic E-state index is 14.8. The first-order valence-corrected chi connectivity index (χ1v) is 17.3. The van der Waals surface area contributed by atoms with Gasteiger partial charge in [-0.1, -0.05) is 75.1 Å². The summed E-state index contributed by atoms with van der Waals surface area (Å²) in [5.74, 6) is 3.42. The SMILES string of the molecule is CCCC=C1OC(=O)C23C4=C(CCC12C1(OC(=O)c2c(CCCN)cccc21)C3CCC)C1C=CC2CCC(C4)C1C2C. The average molecular weight is 582 g/mol. The Kier molecular flexibility index (Phi) is 6.26. The quantitative estimate of drug-likeness (QED) is 0.266. The molecular weight excluding hydrogens is 534 g/mol.